The highest BCUT2D eigenvalue weighted by atomic mass is 79.9. The second-order valence-corrected chi connectivity index (χ2v) is 7.22. The maximum Gasteiger partial charge on any atom is 0.335 e. The SMILES string of the molecule is O=C1NC(=O)N(c2cccc(Br)c2)C(=O)/C1=C\c1ccc(N2CCCC2)o1. The summed E-state index contributed by atoms with van der Waals surface area (Å²) in [4.78, 5) is 40.3. The molecule has 1 aromatic heterocycles. The number of carbonyl (C=O) groups is 3. The predicted molar refractivity (Wildman–Crippen MR) is 103 cm³/mol. The van der Waals surface area contributed by atoms with E-state index < -0.39 is 17.8 Å². The third-order valence-electron chi connectivity index (χ3n) is 4.49. The molecule has 0 aliphatic carbocycles. The number of furan rings is 1. The fraction of sp³-hybridized carbons (Fsp3) is 0.211. The predicted octanol–water partition coefficient (Wildman–Crippen LogP) is 3.31. The number of nitrogens with zero attached hydrogens (tertiary/aromatic N) is 2. The summed E-state index contributed by atoms with van der Waals surface area (Å²) in [7, 11) is 0. The van der Waals surface area contributed by atoms with Gasteiger partial charge < -0.3 is 9.32 Å². The van der Waals surface area contributed by atoms with Crippen LogP contribution in [0.1, 0.15) is 18.6 Å². The fourth-order valence-corrected chi connectivity index (χ4v) is 3.56. The van der Waals surface area contributed by atoms with Crippen LogP contribution in [0.5, 0.6) is 0 Å². The molecule has 2 saturated heterocycles. The smallest absolute Gasteiger partial charge is 0.335 e. The van der Waals surface area contributed by atoms with Gasteiger partial charge in [-0.3, -0.25) is 14.9 Å². The molecule has 2 aliphatic rings. The van der Waals surface area contributed by atoms with Crippen molar-refractivity contribution in [2.75, 3.05) is 22.9 Å². The minimum Gasteiger partial charge on any atom is -0.441 e. The highest BCUT2D eigenvalue weighted by Gasteiger charge is 2.37. The summed E-state index contributed by atoms with van der Waals surface area (Å²) in [5.41, 5.74) is 0.208. The zero-order chi connectivity index (χ0) is 19.0. The summed E-state index contributed by atoms with van der Waals surface area (Å²) < 4.78 is 6.47. The molecule has 2 aliphatic heterocycles. The van der Waals surface area contributed by atoms with Crippen molar-refractivity contribution in [2.45, 2.75) is 12.8 Å². The molecule has 0 spiro atoms. The third-order valence-corrected chi connectivity index (χ3v) is 4.98. The van der Waals surface area contributed by atoms with Gasteiger partial charge in [-0.15, -0.1) is 0 Å². The number of barbiturate groups is 1. The molecule has 4 rings (SSSR count). The molecule has 1 N–H and O–H groups in total. The highest BCUT2D eigenvalue weighted by molar-refractivity contribution is 9.10. The Hall–Kier alpha value is -2.87. The Bertz CT molecular complexity index is 959. The molecule has 0 atom stereocenters. The molecule has 2 aromatic rings. The van der Waals surface area contributed by atoms with E-state index in [0.29, 0.717) is 21.8 Å². The van der Waals surface area contributed by atoms with Gasteiger partial charge in [0.05, 0.1) is 5.69 Å². The van der Waals surface area contributed by atoms with E-state index in [1.807, 2.05) is 6.07 Å². The first-order valence-corrected chi connectivity index (χ1v) is 9.34. The first-order valence-electron chi connectivity index (χ1n) is 8.55. The van der Waals surface area contributed by atoms with Crippen LogP contribution in [0, 0.1) is 0 Å². The third kappa shape index (κ3) is 3.40. The monoisotopic (exact) mass is 429 g/mol. The zero-order valence-electron chi connectivity index (χ0n) is 14.3. The topological polar surface area (TPSA) is 82.9 Å². The van der Waals surface area contributed by atoms with E-state index in [2.05, 4.69) is 26.1 Å². The van der Waals surface area contributed by atoms with E-state index in [4.69, 9.17) is 4.42 Å². The Morgan fingerprint density at radius 3 is 2.59 bits per heavy atom. The average molecular weight is 430 g/mol. The first-order chi connectivity index (χ1) is 13.0. The lowest BCUT2D eigenvalue weighted by Crippen LogP contribution is -2.54. The Labute approximate surface area is 163 Å². The van der Waals surface area contributed by atoms with E-state index >= 15 is 0 Å². The van der Waals surface area contributed by atoms with Gasteiger partial charge in [-0.05, 0) is 43.2 Å². The lowest BCUT2D eigenvalue weighted by molar-refractivity contribution is -0.122. The van der Waals surface area contributed by atoms with Crippen molar-refractivity contribution in [3.63, 3.8) is 0 Å². The van der Waals surface area contributed by atoms with Crippen molar-refractivity contribution >= 4 is 51.4 Å². The number of anilines is 2. The number of hydrogen-bond donors (Lipinski definition) is 1. The van der Waals surface area contributed by atoms with Crippen molar-refractivity contribution in [1.29, 1.82) is 0 Å². The van der Waals surface area contributed by atoms with Crippen LogP contribution in [0.2, 0.25) is 0 Å². The molecule has 27 heavy (non-hydrogen) atoms. The van der Waals surface area contributed by atoms with Crippen molar-refractivity contribution in [3.8, 4) is 0 Å². The molecule has 0 saturated carbocycles. The second kappa shape index (κ2) is 7.03. The number of urea groups is 1. The van der Waals surface area contributed by atoms with Crippen LogP contribution in [0.15, 0.2) is 50.9 Å². The zero-order valence-corrected chi connectivity index (χ0v) is 15.9. The quantitative estimate of drug-likeness (QED) is 0.597. The van der Waals surface area contributed by atoms with Gasteiger partial charge in [-0.25, -0.2) is 9.69 Å². The van der Waals surface area contributed by atoms with Gasteiger partial charge in [0.2, 0.25) is 0 Å². The molecule has 0 radical (unpaired) electrons. The first kappa shape index (κ1) is 17.5. The maximum absolute atomic E-state index is 12.8. The number of nitrogens with one attached hydrogen (secondary N) is 1. The van der Waals surface area contributed by atoms with E-state index in [1.54, 1.807) is 30.3 Å². The van der Waals surface area contributed by atoms with Gasteiger partial charge in [0.25, 0.3) is 11.8 Å². The van der Waals surface area contributed by atoms with E-state index in [-0.39, 0.29) is 5.57 Å². The summed E-state index contributed by atoms with van der Waals surface area (Å²) in [6, 6.07) is 9.48. The Balaban J connectivity index is 1.65. The summed E-state index contributed by atoms with van der Waals surface area (Å²) in [6.07, 6.45) is 3.60. The minimum absolute atomic E-state index is 0.156. The van der Waals surface area contributed by atoms with Gasteiger partial charge >= 0.3 is 6.03 Å². The van der Waals surface area contributed by atoms with Crippen LogP contribution < -0.4 is 15.1 Å². The van der Waals surface area contributed by atoms with E-state index in [0.717, 1.165) is 30.8 Å². The summed E-state index contributed by atoms with van der Waals surface area (Å²) in [5.74, 6) is -0.335. The molecule has 7 nitrogen and oxygen atoms in total. The highest BCUT2D eigenvalue weighted by Crippen LogP contribution is 2.27. The van der Waals surface area contributed by atoms with E-state index in [9.17, 15) is 14.4 Å². The van der Waals surface area contributed by atoms with Crippen molar-refractivity contribution in [1.82, 2.24) is 5.32 Å². The second-order valence-electron chi connectivity index (χ2n) is 6.31. The Morgan fingerprint density at radius 1 is 1.07 bits per heavy atom. The molecular weight excluding hydrogens is 414 g/mol. The van der Waals surface area contributed by atoms with Crippen LogP contribution in [0.4, 0.5) is 16.4 Å². The molecule has 1 aromatic carbocycles. The molecule has 138 valence electrons. The average Bonchev–Trinajstić information content (AvgIpc) is 3.30. The van der Waals surface area contributed by atoms with Crippen molar-refractivity contribution in [2.24, 2.45) is 0 Å². The van der Waals surface area contributed by atoms with Crippen molar-refractivity contribution in [3.05, 3.63) is 52.2 Å². The standard InChI is InChI=1S/C19H16BrN3O4/c20-12-4-3-5-13(10-12)23-18(25)15(17(24)21-19(23)26)11-14-6-7-16(27-14)22-8-1-2-9-22/h3-7,10-11H,1-2,8-9H2,(H,21,24,26)/b15-11-. The number of amides is 4. The van der Waals surface area contributed by atoms with Gasteiger partial charge in [-0.1, -0.05) is 22.0 Å². The van der Waals surface area contributed by atoms with Gasteiger partial charge in [0.1, 0.15) is 11.3 Å². The molecule has 8 heteroatoms. The van der Waals surface area contributed by atoms with Crippen LogP contribution >= 0.6 is 15.9 Å². The van der Waals surface area contributed by atoms with Gasteiger partial charge in [0.15, 0.2) is 5.88 Å². The van der Waals surface area contributed by atoms with Gasteiger partial charge in [0, 0.05) is 23.6 Å². The number of halogens is 1. The largest absolute Gasteiger partial charge is 0.441 e. The fourth-order valence-electron chi connectivity index (χ4n) is 3.18. The summed E-state index contributed by atoms with van der Waals surface area (Å²) >= 11 is 3.31. The lowest BCUT2D eigenvalue weighted by atomic mass is 10.1. The molecule has 0 unspecified atom stereocenters. The van der Waals surface area contributed by atoms with Gasteiger partial charge in [-0.2, -0.15) is 0 Å². The van der Waals surface area contributed by atoms with Crippen LogP contribution in [0.3, 0.4) is 0 Å². The molecule has 0 bridgehead atoms. The number of imide groups is 2. The molecular formula is C19H16BrN3O4. The molecule has 3 heterocycles. The minimum atomic E-state index is -0.780. The van der Waals surface area contributed by atoms with Crippen LogP contribution in [-0.2, 0) is 9.59 Å². The lowest BCUT2D eigenvalue weighted by Gasteiger charge is -2.26. The number of hydrogen-bond acceptors (Lipinski definition) is 5. The Kier molecular flexibility index (Phi) is 4.57. The van der Waals surface area contributed by atoms with Crippen LogP contribution in [-0.4, -0.2) is 30.9 Å². The number of benzene rings is 1. The number of carbonyl (C=O) groups excluding carboxylic acids is 3. The Morgan fingerprint density at radius 2 is 1.85 bits per heavy atom. The molecule has 2 fully saturated rings. The van der Waals surface area contributed by atoms with E-state index in [1.165, 1.54) is 6.08 Å². The van der Waals surface area contributed by atoms with Crippen LogP contribution in [0.25, 0.3) is 6.08 Å². The number of rotatable bonds is 3. The van der Waals surface area contributed by atoms with Crippen molar-refractivity contribution < 1.29 is 18.8 Å². The molecule has 4 amide bonds. The maximum atomic E-state index is 12.8. The summed E-state index contributed by atoms with van der Waals surface area (Å²) in [6.45, 7) is 1.85. The summed E-state index contributed by atoms with van der Waals surface area (Å²) in [5, 5.41) is 2.20. The normalized spacial score (nSPS) is 19.1.